The first kappa shape index (κ1) is 17.5. The monoisotopic (exact) mass is 388 g/mol. The van der Waals surface area contributed by atoms with Gasteiger partial charge >= 0.3 is 0 Å². The number of piperazine rings is 1. The van der Waals surface area contributed by atoms with Gasteiger partial charge in [-0.25, -0.2) is 0 Å². The van der Waals surface area contributed by atoms with Gasteiger partial charge in [-0.1, -0.05) is 46.3 Å². The molecule has 0 aromatic heterocycles. The van der Waals surface area contributed by atoms with Crippen LogP contribution in [0.15, 0.2) is 53.0 Å². The summed E-state index contributed by atoms with van der Waals surface area (Å²) in [5.41, 5.74) is 2.59. The molecule has 1 aliphatic heterocycles. The Hall–Kier alpha value is -1.36. The standard InChI is InChI=1S/C20H25BrN2O/c1-17-4-2-3-5-20(17)24-15-14-22-10-12-23(13-11-22)16-18-6-8-19(21)9-7-18/h2-9H,10-16H2,1H3. The van der Waals surface area contributed by atoms with Gasteiger partial charge in [-0.05, 0) is 36.2 Å². The van der Waals surface area contributed by atoms with Crippen molar-refractivity contribution >= 4 is 15.9 Å². The maximum atomic E-state index is 5.91. The summed E-state index contributed by atoms with van der Waals surface area (Å²) in [6.07, 6.45) is 0. The second-order valence-electron chi connectivity index (χ2n) is 6.36. The second kappa shape index (κ2) is 8.65. The Morgan fingerprint density at radius 3 is 2.29 bits per heavy atom. The van der Waals surface area contributed by atoms with Crippen molar-refractivity contribution in [1.29, 1.82) is 0 Å². The average Bonchev–Trinajstić information content (AvgIpc) is 2.60. The van der Waals surface area contributed by atoms with Crippen LogP contribution in [0.5, 0.6) is 5.75 Å². The lowest BCUT2D eigenvalue weighted by atomic mass is 10.2. The number of rotatable bonds is 6. The van der Waals surface area contributed by atoms with E-state index < -0.39 is 0 Å². The SMILES string of the molecule is Cc1ccccc1OCCN1CCN(Cc2ccc(Br)cc2)CC1. The molecule has 128 valence electrons. The molecule has 0 unspecified atom stereocenters. The third-order valence-electron chi connectivity index (χ3n) is 4.54. The van der Waals surface area contributed by atoms with E-state index in [9.17, 15) is 0 Å². The molecule has 2 aromatic carbocycles. The van der Waals surface area contributed by atoms with Gasteiger partial charge in [-0.2, -0.15) is 0 Å². The molecule has 24 heavy (non-hydrogen) atoms. The quantitative estimate of drug-likeness (QED) is 0.744. The van der Waals surface area contributed by atoms with Crippen LogP contribution in [0, 0.1) is 6.92 Å². The molecular formula is C20H25BrN2O. The molecule has 0 saturated carbocycles. The molecule has 0 radical (unpaired) electrons. The van der Waals surface area contributed by atoms with E-state index in [0.29, 0.717) is 0 Å². The highest BCUT2D eigenvalue weighted by atomic mass is 79.9. The molecule has 4 heteroatoms. The molecule has 0 bridgehead atoms. The summed E-state index contributed by atoms with van der Waals surface area (Å²) in [5, 5.41) is 0. The first-order chi connectivity index (χ1) is 11.7. The maximum Gasteiger partial charge on any atom is 0.122 e. The first-order valence-electron chi connectivity index (χ1n) is 8.58. The van der Waals surface area contributed by atoms with Gasteiger partial charge in [0.2, 0.25) is 0 Å². The van der Waals surface area contributed by atoms with E-state index >= 15 is 0 Å². The highest BCUT2D eigenvalue weighted by Crippen LogP contribution is 2.16. The molecular weight excluding hydrogens is 364 g/mol. The molecule has 2 aromatic rings. The molecule has 1 heterocycles. The Kier molecular flexibility index (Phi) is 6.30. The lowest BCUT2D eigenvalue weighted by Gasteiger charge is -2.34. The van der Waals surface area contributed by atoms with E-state index in [1.807, 2.05) is 18.2 Å². The lowest BCUT2D eigenvalue weighted by Crippen LogP contribution is -2.47. The van der Waals surface area contributed by atoms with Crippen LogP contribution in [-0.4, -0.2) is 49.1 Å². The summed E-state index contributed by atoms with van der Waals surface area (Å²) in [5.74, 6) is 1.01. The van der Waals surface area contributed by atoms with Crippen molar-refractivity contribution in [2.24, 2.45) is 0 Å². The van der Waals surface area contributed by atoms with Crippen LogP contribution >= 0.6 is 15.9 Å². The van der Waals surface area contributed by atoms with Crippen molar-refractivity contribution in [2.45, 2.75) is 13.5 Å². The fourth-order valence-corrected chi connectivity index (χ4v) is 3.29. The van der Waals surface area contributed by atoms with E-state index in [1.165, 1.54) is 11.1 Å². The zero-order valence-electron chi connectivity index (χ0n) is 14.2. The predicted molar refractivity (Wildman–Crippen MR) is 103 cm³/mol. The number of nitrogens with zero attached hydrogens (tertiary/aromatic N) is 2. The van der Waals surface area contributed by atoms with Crippen molar-refractivity contribution in [1.82, 2.24) is 9.80 Å². The fourth-order valence-electron chi connectivity index (χ4n) is 3.02. The largest absolute Gasteiger partial charge is 0.492 e. The van der Waals surface area contributed by atoms with Crippen LogP contribution in [0.4, 0.5) is 0 Å². The topological polar surface area (TPSA) is 15.7 Å². The molecule has 1 fully saturated rings. The smallest absolute Gasteiger partial charge is 0.122 e. The second-order valence-corrected chi connectivity index (χ2v) is 7.27. The van der Waals surface area contributed by atoms with Gasteiger partial charge in [-0.15, -0.1) is 0 Å². The Morgan fingerprint density at radius 2 is 1.58 bits per heavy atom. The van der Waals surface area contributed by atoms with Gasteiger partial charge in [0.05, 0.1) is 0 Å². The zero-order chi connectivity index (χ0) is 16.8. The van der Waals surface area contributed by atoms with Gasteiger partial charge in [0.15, 0.2) is 0 Å². The molecule has 0 aliphatic carbocycles. The normalized spacial score (nSPS) is 16.2. The van der Waals surface area contributed by atoms with Crippen molar-refractivity contribution in [3.63, 3.8) is 0 Å². The van der Waals surface area contributed by atoms with Gasteiger partial charge in [0.1, 0.15) is 12.4 Å². The van der Waals surface area contributed by atoms with Gasteiger partial charge in [-0.3, -0.25) is 9.80 Å². The third-order valence-corrected chi connectivity index (χ3v) is 5.07. The molecule has 3 nitrogen and oxygen atoms in total. The number of benzene rings is 2. The van der Waals surface area contributed by atoms with Gasteiger partial charge in [0.25, 0.3) is 0 Å². The average molecular weight is 389 g/mol. The van der Waals surface area contributed by atoms with Crippen LogP contribution in [0.2, 0.25) is 0 Å². The fraction of sp³-hybridized carbons (Fsp3) is 0.400. The Bertz CT molecular complexity index is 636. The number of hydrogen-bond donors (Lipinski definition) is 0. The minimum absolute atomic E-state index is 0.761. The van der Waals surface area contributed by atoms with E-state index in [-0.39, 0.29) is 0 Å². The van der Waals surface area contributed by atoms with Crippen LogP contribution in [-0.2, 0) is 6.54 Å². The van der Waals surface area contributed by atoms with E-state index in [0.717, 1.165) is 56.1 Å². The number of ether oxygens (including phenoxy) is 1. The minimum Gasteiger partial charge on any atom is -0.492 e. The number of para-hydroxylation sites is 1. The summed E-state index contributed by atoms with van der Waals surface area (Å²) in [6, 6.07) is 16.9. The van der Waals surface area contributed by atoms with Crippen LogP contribution in [0.3, 0.4) is 0 Å². The van der Waals surface area contributed by atoms with Gasteiger partial charge < -0.3 is 4.74 Å². The van der Waals surface area contributed by atoms with Crippen molar-refractivity contribution in [3.8, 4) is 5.75 Å². The molecule has 3 rings (SSSR count). The summed E-state index contributed by atoms with van der Waals surface area (Å²) in [7, 11) is 0. The van der Waals surface area contributed by atoms with Crippen LogP contribution in [0.25, 0.3) is 0 Å². The minimum atomic E-state index is 0.761. The zero-order valence-corrected chi connectivity index (χ0v) is 15.8. The molecule has 1 saturated heterocycles. The van der Waals surface area contributed by atoms with Crippen molar-refractivity contribution in [2.75, 3.05) is 39.3 Å². The Morgan fingerprint density at radius 1 is 0.917 bits per heavy atom. The number of halogens is 1. The molecule has 0 spiro atoms. The molecule has 0 amide bonds. The Balaban J connectivity index is 1.37. The van der Waals surface area contributed by atoms with Crippen molar-refractivity contribution < 1.29 is 4.74 Å². The van der Waals surface area contributed by atoms with Crippen LogP contribution < -0.4 is 4.74 Å². The summed E-state index contributed by atoms with van der Waals surface area (Å²) in [6.45, 7) is 9.39. The molecule has 0 N–H and O–H groups in total. The van der Waals surface area contributed by atoms with Gasteiger partial charge in [0, 0.05) is 43.7 Å². The number of aryl methyl sites for hydroxylation is 1. The molecule has 1 aliphatic rings. The Labute approximate surface area is 153 Å². The van der Waals surface area contributed by atoms with Crippen LogP contribution in [0.1, 0.15) is 11.1 Å². The molecule has 0 atom stereocenters. The predicted octanol–water partition coefficient (Wildman–Crippen LogP) is 3.95. The summed E-state index contributed by atoms with van der Waals surface area (Å²) >= 11 is 3.49. The van der Waals surface area contributed by atoms with E-state index in [1.54, 1.807) is 0 Å². The maximum absolute atomic E-state index is 5.91. The number of hydrogen-bond acceptors (Lipinski definition) is 3. The highest BCUT2D eigenvalue weighted by molar-refractivity contribution is 9.10. The van der Waals surface area contributed by atoms with E-state index in [2.05, 4.69) is 63.0 Å². The first-order valence-corrected chi connectivity index (χ1v) is 9.37. The summed E-state index contributed by atoms with van der Waals surface area (Å²) < 4.78 is 7.06. The third kappa shape index (κ3) is 5.07. The van der Waals surface area contributed by atoms with Crippen molar-refractivity contribution in [3.05, 3.63) is 64.1 Å². The summed E-state index contributed by atoms with van der Waals surface area (Å²) in [4.78, 5) is 5.03. The van der Waals surface area contributed by atoms with E-state index in [4.69, 9.17) is 4.74 Å². The lowest BCUT2D eigenvalue weighted by molar-refractivity contribution is 0.112. The highest BCUT2D eigenvalue weighted by Gasteiger charge is 2.16.